The van der Waals surface area contributed by atoms with E-state index in [9.17, 15) is 38.6 Å². The number of carbonyl (C=O) groups is 1. The Morgan fingerprint density at radius 2 is 1.42 bits per heavy atom. The molecular weight excluding hydrogens is 384 g/mol. The molecule has 0 heterocycles. The van der Waals surface area contributed by atoms with Gasteiger partial charge in [-0.1, -0.05) is 58.4 Å². The normalized spacial score (nSPS) is 14.1. The minimum atomic E-state index is -5.67. The van der Waals surface area contributed by atoms with E-state index in [-0.39, 0.29) is 12.0 Å². The molecule has 0 aromatic carbocycles. The number of hydrogen-bond acceptors (Lipinski definition) is 4. The van der Waals surface area contributed by atoms with Gasteiger partial charge >= 0.3 is 15.2 Å². The highest BCUT2D eigenvalue weighted by Gasteiger charge is 2.64. The SMILES string of the molecule is C=C(C)C(=O)NC(CCCCCCCCC)C(O)(P(=O)(O)O)P(=O)(O)O. The van der Waals surface area contributed by atoms with E-state index in [0.717, 1.165) is 32.1 Å². The van der Waals surface area contributed by atoms with Crippen molar-refractivity contribution in [1.82, 2.24) is 5.32 Å². The Bertz CT molecular complexity index is 546. The molecule has 1 unspecified atom stereocenters. The molecule has 0 aliphatic rings. The second-order valence-electron chi connectivity index (χ2n) is 6.49. The molecule has 0 saturated heterocycles. The molecule has 11 heteroatoms. The van der Waals surface area contributed by atoms with Crippen molar-refractivity contribution < 1.29 is 38.6 Å². The van der Waals surface area contributed by atoms with Gasteiger partial charge in [0.1, 0.15) is 0 Å². The monoisotopic (exact) mass is 415 g/mol. The van der Waals surface area contributed by atoms with Crippen molar-refractivity contribution >= 4 is 21.1 Å². The summed E-state index contributed by atoms with van der Waals surface area (Å²) in [6.45, 7) is 6.78. The molecule has 9 nitrogen and oxygen atoms in total. The summed E-state index contributed by atoms with van der Waals surface area (Å²) in [6.07, 6.45) is 5.83. The summed E-state index contributed by atoms with van der Waals surface area (Å²) in [6, 6.07) is -1.82. The fourth-order valence-corrected chi connectivity index (χ4v) is 5.08. The van der Waals surface area contributed by atoms with Gasteiger partial charge in [-0.3, -0.25) is 13.9 Å². The lowest BCUT2D eigenvalue weighted by Gasteiger charge is -2.36. The number of amides is 1. The zero-order valence-electron chi connectivity index (χ0n) is 15.3. The third-order valence-corrected chi connectivity index (χ3v) is 8.02. The number of unbranched alkanes of at least 4 members (excludes halogenated alkanes) is 6. The average molecular weight is 415 g/mol. The topological polar surface area (TPSA) is 164 Å². The second-order valence-corrected chi connectivity index (χ2v) is 10.4. The third-order valence-electron chi connectivity index (χ3n) is 4.11. The van der Waals surface area contributed by atoms with Crippen molar-refractivity contribution in [3.05, 3.63) is 12.2 Å². The van der Waals surface area contributed by atoms with Gasteiger partial charge < -0.3 is 30.0 Å². The van der Waals surface area contributed by atoms with Crippen LogP contribution in [0.2, 0.25) is 0 Å². The number of rotatable bonds is 13. The molecule has 1 atom stereocenters. The van der Waals surface area contributed by atoms with Gasteiger partial charge in [0.15, 0.2) is 0 Å². The van der Waals surface area contributed by atoms with Crippen LogP contribution < -0.4 is 5.32 Å². The van der Waals surface area contributed by atoms with Gasteiger partial charge in [-0.2, -0.15) is 0 Å². The van der Waals surface area contributed by atoms with E-state index in [1.165, 1.54) is 6.92 Å². The van der Waals surface area contributed by atoms with Crippen LogP contribution in [0.4, 0.5) is 0 Å². The van der Waals surface area contributed by atoms with Gasteiger partial charge in [-0.15, -0.1) is 0 Å². The first-order valence-corrected chi connectivity index (χ1v) is 11.8. The van der Waals surface area contributed by atoms with Crippen LogP contribution in [0.1, 0.15) is 65.2 Å². The summed E-state index contributed by atoms with van der Waals surface area (Å²) < 4.78 is 23.4. The highest BCUT2D eigenvalue weighted by molar-refractivity contribution is 7.72. The van der Waals surface area contributed by atoms with Gasteiger partial charge in [-0.05, 0) is 13.3 Å². The zero-order valence-corrected chi connectivity index (χ0v) is 17.1. The smallest absolute Gasteiger partial charge is 0.366 e. The van der Waals surface area contributed by atoms with Crippen molar-refractivity contribution in [3.8, 4) is 0 Å². The fourth-order valence-electron chi connectivity index (χ4n) is 2.53. The Labute approximate surface area is 154 Å². The zero-order chi connectivity index (χ0) is 20.6. The minimum Gasteiger partial charge on any atom is -0.366 e. The van der Waals surface area contributed by atoms with Crippen LogP contribution in [0, 0.1) is 0 Å². The molecule has 6 N–H and O–H groups in total. The van der Waals surface area contributed by atoms with E-state index in [2.05, 4.69) is 18.8 Å². The first-order chi connectivity index (χ1) is 11.8. The van der Waals surface area contributed by atoms with Gasteiger partial charge in [0.25, 0.3) is 5.08 Å². The molecule has 0 bridgehead atoms. The van der Waals surface area contributed by atoms with E-state index in [1.807, 2.05) is 0 Å². The van der Waals surface area contributed by atoms with Crippen molar-refractivity contribution in [2.45, 2.75) is 76.3 Å². The van der Waals surface area contributed by atoms with Crippen LogP contribution in [-0.4, -0.2) is 41.7 Å². The van der Waals surface area contributed by atoms with Crippen LogP contribution in [0.15, 0.2) is 12.2 Å². The minimum absolute atomic E-state index is 0.0201. The quantitative estimate of drug-likeness (QED) is 0.151. The molecule has 154 valence electrons. The first-order valence-electron chi connectivity index (χ1n) is 8.59. The lowest BCUT2D eigenvalue weighted by Crippen LogP contribution is -2.52. The van der Waals surface area contributed by atoms with E-state index in [1.54, 1.807) is 0 Å². The highest BCUT2D eigenvalue weighted by Crippen LogP contribution is 2.69. The van der Waals surface area contributed by atoms with Crippen molar-refractivity contribution in [2.75, 3.05) is 0 Å². The summed E-state index contributed by atoms with van der Waals surface area (Å²) in [5, 5.41) is 8.70. The summed E-state index contributed by atoms with van der Waals surface area (Å²) in [5.74, 6) is -0.849. The largest absolute Gasteiger partial charge is 0.371 e. The summed E-state index contributed by atoms with van der Waals surface area (Å²) in [7, 11) is -11.3. The molecule has 26 heavy (non-hydrogen) atoms. The molecule has 0 radical (unpaired) electrons. The number of hydrogen-bond donors (Lipinski definition) is 6. The predicted molar refractivity (Wildman–Crippen MR) is 98.4 cm³/mol. The predicted octanol–water partition coefficient (Wildman–Crippen LogP) is 2.19. The average Bonchev–Trinajstić information content (AvgIpc) is 2.49. The van der Waals surface area contributed by atoms with Crippen LogP contribution in [0.25, 0.3) is 0 Å². The number of carbonyl (C=O) groups excluding carboxylic acids is 1. The Hall–Kier alpha value is -0.530. The Kier molecular flexibility index (Phi) is 10.5. The van der Waals surface area contributed by atoms with Gasteiger partial charge in [0.2, 0.25) is 5.91 Å². The van der Waals surface area contributed by atoms with Gasteiger partial charge in [-0.25, -0.2) is 0 Å². The molecule has 0 fully saturated rings. The summed E-state index contributed by atoms with van der Waals surface area (Å²) in [4.78, 5) is 49.4. The molecule has 0 spiro atoms. The molecule has 0 aromatic rings. The van der Waals surface area contributed by atoms with Crippen LogP contribution in [-0.2, 0) is 13.9 Å². The molecule has 0 rings (SSSR count). The maximum absolute atomic E-state index is 11.8. The van der Waals surface area contributed by atoms with E-state index in [4.69, 9.17) is 0 Å². The van der Waals surface area contributed by atoms with E-state index >= 15 is 0 Å². The second kappa shape index (κ2) is 10.7. The Balaban J connectivity index is 5.27. The van der Waals surface area contributed by atoms with Gasteiger partial charge in [0.05, 0.1) is 6.04 Å². The van der Waals surface area contributed by atoms with Crippen LogP contribution in [0.3, 0.4) is 0 Å². The van der Waals surface area contributed by atoms with Crippen molar-refractivity contribution in [2.24, 2.45) is 0 Å². The van der Waals surface area contributed by atoms with Gasteiger partial charge in [0, 0.05) is 5.57 Å². The maximum atomic E-state index is 11.8. The Morgan fingerprint density at radius 1 is 1.00 bits per heavy atom. The molecule has 0 aliphatic carbocycles. The summed E-state index contributed by atoms with van der Waals surface area (Å²) in [5.41, 5.74) is -0.0201. The molecule has 0 saturated carbocycles. The molecular formula is C15H31NO8P2. The van der Waals surface area contributed by atoms with Crippen molar-refractivity contribution in [1.29, 1.82) is 0 Å². The summed E-state index contributed by atoms with van der Waals surface area (Å²) >= 11 is 0. The Morgan fingerprint density at radius 3 is 1.81 bits per heavy atom. The maximum Gasteiger partial charge on any atom is 0.371 e. The number of aliphatic hydroxyl groups is 1. The standard InChI is InChI=1S/C15H31NO8P2/c1-4-5-6-7-8-9-10-11-13(16-14(17)12(2)3)15(18,25(19,20)21)26(22,23)24/h13,18H,2,4-11H2,1,3H3,(H,16,17)(H2,19,20,21)(H2,22,23,24). The lowest BCUT2D eigenvalue weighted by molar-refractivity contribution is -0.119. The first kappa shape index (κ1) is 25.5. The molecule has 0 aliphatic heterocycles. The lowest BCUT2D eigenvalue weighted by atomic mass is 10.0. The molecule has 0 aromatic heterocycles. The van der Waals surface area contributed by atoms with Crippen molar-refractivity contribution in [3.63, 3.8) is 0 Å². The molecule has 1 amide bonds. The third kappa shape index (κ3) is 7.24. The van der Waals surface area contributed by atoms with Crippen LogP contribution in [0.5, 0.6) is 0 Å². The highest BCUT2D eigenvalue weighted by atomic mass is 31.2. The van der Waals surface area contributed by atoms with Crippen LogP contribution >= 0.6 is 15.2 Å². The fraction of sp³-hybridized carbons (Fsp3) is 0.800. The van der Waals surface area contributed by atoms with E-state index < -0.39 is 32.2 Å². The number of nitrogens with one attached hydrogen (secondary N) is 1. The van der Waals surface area contributed by atoms with E-state index in [0.29, 0.717) is 12.8 Å².